The number of hydrogen-bond acceptors (Lipinski definition) is 2. The fourth-order valence-electron chi connectivity index (χ4n) is 0.754. The van der Waals surface area contributed by atoms with Crippen molar-refractivity contribution in [3.63, 3.8) is 0 Å². The first-order valence-corrected chi connectivity index (χ1v) is 4.40. The lowest BCUT2D eigenvalue weighted by Crippen LogP contribution is -2.49. The van der Waals surface area contributed by atoms with Crippen molar-refractivity contribution in [1.82, 2.24) is 0 Å². The zero-order chi connectivity index (χ0) is 6.15. The Bertz CT molecular complexity index is 113. The molecule has 0 amide bonds. The summed E-state index contributed by atoms with van der Waals surface area (Å²) in [6.45, 7) is 0. The van der Waals surface area contributed by atoms with Gasteiger partial charge in [-0.15, -0.1) is 0 Å². The highest BCUT2D eigenvalue weighted by Gasteiger charge is 2.37. The second-order valence-corrected chi connectivity index (χ2v) is 4.35. The SMILES string of the molecule is C[S+]1CCC1C(=O)[O-]. The summed E-state index contributed by atoms with van der Waals surface area (Å²) in [4.78, 5) is 10.1. The van der Waals surface area contributed by atoms with Crippen LogP contribution < -0.4 is 5.11 Å². The Kier molecular flexibility index (Phi) is 1.47. The van der Waals surface area contributed by atoms with E-state index in [2.05, 4.69) is 0 Å². The predicted molar refractivity (Wildman–Crippen MR) is 31.6 cm³/mol. The number of carboxylic acids is 1. The van der Waals surface area contributed by atoms with Crippen molar-refractivity contribution in [2.24, 2.45) is 0 Å². The molecular formula is C5H8O2S. The Morgan fingerprint density at radius 1 is 1.88 bits per heavy atom. The third-order valence-electron chi connectivity index (χ3n) is 1.45. The Balaban J connectivity index is 2.37. The van der Waals surface area contributed by atoms with Gasteiger partial charge < -0.3 is 9.90 Å². The zero-order valence-corrected chi connectivity index (χ0v) is 5.53. The van der Waals surface area contributed by atoms with Crippen molar-refractivity contribution in [1.29, 1.82) is 0 Å². The Labute approximate surface area is 51.2 Å². The van der Waals surface area contributed by atoms with Crippen molar-refractivity contribution >= 4 is 16.9 Å². The smallest absolute Gasteiger partial charge is 0.161 e. The first-order valence-electron chi connectivity index (χ1n) is 2.54. The molecule has 1 aliphatic rings. The molecule has 1 aliphatic heterocycles. The van der Waals surface area contributed by atoms with E-state index in [0.29, 0.717) is 0 Å². The average molecular weight is 132 g/mol. The van der Waals surface area contributed by atoms with Crippen LogP contribution in [0.3, 0.4) is 0 Å². The molecule has 0 aromatic heterocycles. The van der Waals surface area contributed by atoms with Crippen molar-refractivity contribution in [3.05, 3.63) is 0 Å². The molecule has 1 rings (SSSR count). The molecule has 2 atom stereocenters. The summed E-state index contributed by atoms with van der Waals surface area (Å²) >= 11 is 0. The van der Waals surface area contributed by atoms with Crippen molar-refractivity contribution in [3.8, 4) is 0 Å². The number of carbonyl (C=O) groups excluding carboxylic acids is 1. The van der Waals surface area contributed by atoms with Crippen molar-refractivity contribution < 1.29 is 9.90 Å². The van der Waals surface area contributed by atoms with Crippen molar-refractivity contribution in [2.45, 2.75) is 11.7 Å². The average Bonchev–Trinajstić information content (AvgIpc) is 1.61. The molecule has 3 heteroatoms. The van der Waals surface area contributed by atoms with Crippen LogP contribution in [0.25, 0.3) is 0 Å². The third kappa shape index (κ3) is 0.823. The van der Waals surface area contributed by atoms with Gasteiger partial charge in [-0.2, -0.15) is 0 Å². The maximum Gasteiger partial charge on any atom is 0.161 e. The van der Waals surface area contributed by atoms with Crippen LogP contribution in [0.2, 0.25) is 0 Å². The highest BCUT2D eigenvalue weighted by molar-refractivity contribution is 7.98. The van der Waals surface area contributed by atoms with Gasteiger partial charge in [0.25, 0.3) is 0 Å². The van der Waals surface area contributed by atoms with Gasteiger partial charge in [-0.1, -0.05) is 0 Å². The summed E-state index contributed by atoms with van der Waals surface area (Å²) in [7, 11) is 0.128. The summed E-state index contributed by atoms with van der Waals surface area (Å²) in [6.07, 6.45) is 2.81. The lowest BCUT2D eigenvalue weighted by molar-refractivity contribution is -0.305. The first-order chi connectivity index (χ1) is 3.72. The lowest BCUT2D eigenvalue weighted by atomic mass is 10.3. The summed E-state index contributed by atoms with van der Waals surface area (Å²) in [5.41, 5.74) is 0. The van der Waals surface area contributed by atoms with Crippen LogP contribution in [0, 0.1) is 0 Å². The molecular weight excluding hydrogens is 124 g/mol. The van der Waals surface area contributed by atoms with E-state index in [1.807, 2.05) is 6.26 Å². The molecule has 0 aliphatic carbocycles. The van der Waals surface area contributed by atoms with E-state index in [-0.39, 0.29) is 16.1 Å². The molecule has 0 aromatic rings. The van der Waals surface area contributed by atoms with Crippen LogP contribution in [0.5, 0.6) is 0 Å². The van der Waals surface area contributed by atoms with Crippen LogP contribution in [0.4, 0.5) is 0 Å². The van der Waals surface area contributed by atoms with E-state index in [1.54, 1.807) is 0 Å². The normalized spacial score (nSPS) is 36.1. The van der Waals surface area contributed by atoms with Crippen LogP contribution >= 0.6 is 0 Å². The number of rotatable bonds is 1. The van der Waals surface area contributed by atoms with Crippen LogP contribution in [0.15, 0.2) is 0 Å². The Morgan fingerprint density at radius 2 is 2.50 bits per heavy atom. The maximum atomic E-state index is 10.1. The second kappa shape index (κ2) is 1.97. The molecule has 0 aromatic carbocycles. The maximum absolute atomic E-state index is 10.1. The fraction of sp³-hybridized carbons (Fsp3) is 0.800. The summed E-state index contributed by atoms with van der Waals surface area (Å²) in [5.74, 6) is 0.223. The molecule has 2 nitrogen and oxygen atoms in total. The molecule has 1 saturated heterocycles. The van der Waals surface area contributed by atoms with Crippen LogP contribution in [-0.2, 0) is 15.7 Å². The van der Waals surface area contributed by atoms with Gasteiger partial charge in [-0.05, 0) is 10.9 Å². The molecule has 1 heterocycles. The summed E-state index contributed by atoms with van der Waals surface area (Å²) in [6, 6.07) is 0. The van der Waals surface area contributed by atoms with Crippen molar-refractivity contribution in [2.75, 3.05) is 12.0 Å². The van der Waals surface area contributed by atoms with Gasteiger partial charge in [-0.25, -0.2) is 0 Å². The molecule has 46 valence electrons. The second-order valence-electron chi connectivity index (χ2n) is 1.99. The highest BCUT2D eigenvalue weighted by atomic mass is 32.2. The molecule has 0 radical (unpaired) electrons. The van der Waals surface area contributed by atoms with Crippen LogP contribution in [-0.4, -0.2) is 23.2 Å². The minimum Gasteiger partial charge on any atom is -0.545 e. The standard InChI is InChI=1S/C5H8O2S/c1-8-3-2-4(8)5(6)7/h4H,2-3H2,1H3. The summed E-state index contributed by atoms with van der Waals surface area (Å²) in [5, 5.41) is 9.97. The van der Waals surface area contributed by atoms with Gasteiger partial charge in [-0.3, -0.25) is 0 Å². The highest BCUT2D eigenvalue weighted by Crippen LogP contribution is 2.19. The lowest BCUT2D eigenvalue weighted by Gasteiger charge is -2.24. The van der Waals surface area contributed by atoms with E-state index in [4.69, 9.17) is 0 Å². The largest absolute Gasteiger partial charge is 0.545 e. The molecule has 0 saturated carbocycles. The Hall–Kier alpha value is -0.180. The number of carbonyl (C=O) groups is 1. The molecule has 0 spiro atoms. The van der Waals surface area contributed by atoms with E-state index >= 15 is 0 Å². The fourth-order valence-corrected chi connectivity index (χ4v) is 2.02. The molecule has 2 unspecified atom stereocenters. The Morgan fingerprint density at radius 3 is 2.50 bits per heavy atom. The van der Waals surface area contributed by atoms with E-state index in [9.17, 15) is 9.90 Å². The van der Waals surface area contributed by atoms with Gasteiger partial charge in [0.15, 0.2) is 5.25 Å². The number of carboxylic acid groups (broad SMARTS) is 1. The van der Waals surface area contributed by atoms with E-state index in [1.165, 1.54) is 0 Å². The monoisotopic (exact) mass is 132 g/mol. The van der Waals surface area contributed by atoms with Gasteiger partial charge in [0, 0.05) is 6.42 Å². The van der Waals surface area contributed by atoms with E-state index in [0.717, 1.165) is 12.2 Å². The quantitative estimate of drug-likeness (QED) is 0.418. The van der Waals surface area contributed by atoms with E-state index < -0.39 is 5.97 Å². The van der Waals surface area contributed by atoms with Gasteiger partial charge in [0.05, 0.1) is 12.2 Å². The molecule has 1 fully saturated rings. The van der Waals surface area contributed by atoms with Gasteiger partial charge in [0.2, 0.25) is 0 Å². The summed E-state index contributed by atoms with van der Waals surface area (Å²) < 4.78 is 0. The van der Waals surface area contributed by atoms with Crippen LogP contribution in [0.1, 0.15) is 6.42 Å². The molecule has 8 heavy (non-hydrogen) atoms. The minimum atomic E-state index is -0.859. The number of hydrogen-bond donors (Lipinski definition) is 0. The molecule has 0 bridgehead atoms. The first kappa shape index (κ1) is 5.95. The molecule has 0 N–H and O–H groups in total. The predicted octanol–water partition coefficient (Wildman–Crippen LogP) is -1.24. The number of aliphatic carboxylic acids is 1. The third-order valence-corrected chi connectivity index (χ3v) is 3.73. The van der Waals surface area contributed by atoms with Gasteiger partial charge >= 0.3 is 0 Å². The zero-order valence-electron chi connectivity index (χ0n) is 4.72. The topological polar surface area (TPSA) is 40.1 Å². The van der Waals surface area contributed by atoms with Gasteiger partial charge in [0.1, 0.15) is 5.75 Å². The minimum absolute atomic E-state index is 0.116.